The van der Waals surface area contributed by atoms with Gasteiger partial charge in [-0.2, -0.15) is 0 Å². The van der Waals surface area contributed by atoms with Crippen LogP contribution >= 0.6 is 7.37 Å². The third-order valence-corrected chi connectivity index (χ3v) is 4.88. The highest BCUT2D eigenvalue weighted by molar-refractivity contribution is 7.58. The number of hydrogen-bond donors (Lipinski definition) is 4. The molecule has 0 aliphatic heterocycles. The van der Waals surface area contributed by atoms with Crippen molar-refractivity contribution < 1.29 is 29.3 Å². The Morgan fingerprint density at radius 2 is 2.14 bits per heavy atom. The lowest BCUT2D eigenvalue weighted by molar-refractivity contribution is -0.386. The van der Waals surface area contributed by atoms with Gasteiger partial charge in [0.1, 0.15) is 0 Å². The molecule has 0 aromatic heterocycles. The van der Waals surface area contributed by atoms with E-state index in [1.54, 1.807) is 0 Å². The molecule has 0 aliphatic rings. The molecule has 5 N–H and O–H groups in total. The van der Waals surface area contributed by atoms with Crippen LogP contribution in [0.4, 0.5) is 5.69 Å². The van der Waals surface area contributed by atoms with E-state index in [9.17, 15) is 29.8 Å². The quantitative estimate of drug-likeness (QED) is 0.328. The summed E-state index contributed by atoms with van der Waals surface area (Å²) < 4.78 is 16.8. The predicted molar refractivity (Wildman–Crippen MR) is 74.6 cm³/mol. The van der Waals surface area contributed by atoms with Crippen LogP contribution in [0.15, 0.2) is 12.1 Å². The summed E-state index contributed by atoms with van der Waals surface area (Å²) in [6.07, 6.45) is 0.00378. The summed E-state index contributed by atoms with van der Waals surface area (Å²) in [6.45, 7) is 0.177. The normalized spacial score (nSPS) is 15.2. The molecule has 0 heterocycles. The van der Waals surface area contributed by atoms with Crippen LogP contribution in [0.5, 0.6) is 11.5 Å². The van der Waals surface area contributed by atoms with Gasteiger partial charge in [0.15, 0.2) is 11.6 Å². The number of aliphatic hydroxyl groups is 1. The van der Waals surface area contributed by atoms with Crippen molar-refractivity contribution in [1.29, 1.82) is 0 Å². The summed E-state index contributed by atoms with van der Waals surface area (Å²) in [6, 6.07) is 1.92. The number of nitrogens with two attached hydrogens (primary N) is 1. The molecule has 118 valence electrons. The second kappa shape index (κ2) is 6.86. The van der Waals surface area contributed by atoms with Crippen molar-refractivity contribution >= 4 is 13.1 Å². The lowest BCUT2D eigenvalue weighted by Crippen LogP contribution is -2.07. The highest BCUT2D eigenvalue weighted by atomic mass is 31.2. The van der Waals surface area contributed by atoms with Gasteiger partial charge in [-0.15, -0.1) is 0 Å². The second-order valence-corrected chi connectivity index (χ2v) is 6.79. The van der Waals surface area contributed by atoms with Gasteiger partial charge in [-0.05, 0) is 19.0 Å². The van der Waals surface area contributed by atoms with Gasteiger partial charge < -0.3 is 25.6 Å². The number of phenols is 1. The Balaban J connectivity index is 3.27. The zero-order chi connectivity index (χ0) is 16.2. The molecule has 1 rings (SSSR count). The molecule has 2 unspecified atom stereocenters. The first-order chi connectivity index (χ1) is 9.74. The van der Waals surface area contributed by atoms with E-state index in [1.165, 1.54) is 7.11 Å². The third kappa shape index (κ3) is 3.92. The van der Waals surface area contributed by atoms with Crippen LogP contribution in [-0.2, 0) is 4.57 Å². The highest BCUT2D eigenvalue weighted by Crippen LogP contribution is 2.55. The zero-order valence-electron chi connectivity index (χ0n) is 11.3. The molecule has 0 fully saturated rings. The van der Waals surface area contributed by atoms with E-state index in [-0.39, 0.29) is 30.4 Å². The number of hydrogen-bond acceptors (Lipinski definition) is 7. The van der Waals surface area contributed by atoms with Crippen molar-refractivity contribution in [1.82, 2.24) is 0 Å². The fourth-order valence-electron chi connectivity index (χ4n) is 1.73. The second-order valence-electron chi connectivity index (χ2n) is 4.34. The fraction of sp³-hybridized carbons (Fsp3) is 0.455. The Kier molecular flexibility index (Phi) is 5.68. The van der Waals surface area contributed by atoms with E-state index >= 15 is 0 Å². The van der Waals surface area contributed by atoms with Gasteiger partial charge >= 0.3 is 5.69 Å². The summed E-state index contributed by atoms with van der Waals surface area (Å²) in [5.74, 6) is -2.80. The van der Waals surface area contributed by atoms with Crippen LogP contribution in [0.25, 0.3) is 0 Å². The molecular formula is C11H17N2O7P. The predicted octanol–water partition coefficient (Wildman–Crippen LogP) is 0.919. The summed E-state index contributed by atoms with van der Waals surface area (Å²) in [5, 5.41) is 30.4. The van der Waals surface area contributed by atoms with Gasteiger partial charge in [-0.25, -0.2) is 0 Å². The van der Waals surface area contributed by atoms with Gasteiger partial charge in [0.25, 0.3) is 0 Å². The van der Waals surface area contributed by atoms with Crippen LogP contribution in [0, 0.1) is 10.1 Å². The molecule has 0 radical (unpaired) electrons. The smallest absolute Gasteiger partial charge is 0.315 e. The molecule has 21 heavy (non-hydrogen) atoms. The van der Waals surface area contributed by atoms with E-state index < -0.39 is 29.6 Å². The topological polar surface area (TPSA) is 156 Å². The molecule has 0 amide bonds. The van der Waals surface area contributed by atoms with Crippen molar-refractivity contribution in [3.63, 3.8) is 0 Å². The minimum absolute atomic E-state index is 0.177. The molecular weight excluding hydrogens is 303 g/mol. The Bertz CT molecular complexity index is 578. The number of rotatable bonds is 7. The van der Waals surface area contributed by atoms with Gasteiger partial charge in [-0.3, -0.25) is 14.7 Å². The van der Waals surface area contributed by atoms with Gasteiger partial charge in [0.05, 0.1) is 12.0 Å². The Labute approximate surface area is 120 Å². The molecule has 9 nitrogen and oxygen atoms in total. The summed E-state index contributed by atoms with van der Waals surface area (Å²) in [5.41, 5.74) is 4.35. The number of aliphatic hydroxyl groups excluding tert-OH is 1. The molecule has 1 aromatic carbocycles. The molecule has 0 aliphatic carbocycles. The number of nitro groups is 1. The number of phenolic OH excluding ortho intramolecular Hbond substituents is 1. The molecule has 2 atom stereocenters. The van der Waals surface area contributed by atoms with Crippen LogP contribution in [0.1, 0.15) is 17.8 Å². The van der Waals surface area contributed by atoms with Gasteiger partial charge in [0, 0.05) is 17.8 Å². The van der Waals surface area contributed by atoms with E-state index in [0.717, 1.165) is 12.1 Å². The Morgan fingerprint density at radius 1 is 1.52 bits per heavy atom. The third-order valence-electron chi connectivity index (χ3n) is 2.86. The minimum atomic E-state index is -4.00. The molecule has 1 aromatic rings. The maximum atomic E-state index is 12.0. The summed E-state index contributed by atoms with van der Waals surface area (Å²) >= 11 is 0. The number of benzene rings is 1. The number of methoxy groups -OCH3 is 1. The monoisotopic (exact) mass is 320 g/mol. The molecule has 0 bridgehead atoms. The molecule has 0 saturated carbocycles. The SMILES string of the molecule is COc1cc(C(O)P(=O)(O)CCCN)cc([N+](=O)[O-])c1O. The van der Waals surface area contributed by atoms with Crippen LogP contribution < -0.4 is 10.5 Å². The van der Waals surface area contributed by atoms with E-state index in [2.05, 4.69) is 0 Å². The van der Waals surface area contributed by atoms with Crippen molar-refractivity contribution in [3.8, 4) is 11.5 Å². The van der Waals surface area contributed by atoms with Crippen LogP contribution in [0.3, 0.4) is 0 Å². The van der Waals surface area contributed by atoms with Crippen LogP contribution in [-0.4, -0.2) is 39.8 Å². The minimum Gasteiger partial charge on any atom is -0.500 e. The molecule has 10 heteroatoms. The zero-order valence-corrected chi connectivity index (χ0v) is 12.2. The molecule has 0 saturated heterocycles. The molecule has 0 spiro atoms. The van der Waals surface area contributed by atoms with Gasteiger partial charge in [0.2, 0.25) is 13.1 Å². The number of aromatic hydroxyl groups is 1. The van der Waals surface area contributed by atoms with Crippen molar-refractivity contribution in [2.24, 2.45) is 5.73 Å². The largest absolute Gasteiger partial charge is 0.500 e. The van der Waals surface area contributed by atoms with E-state index in [0.29, 0.717) is 0 Å². The van der Waals surface area contributed by atoms with Crippen molar-refractivity contribution in [3.05, 3.63) is 27.8 Å². The number of nitro benzene ring substituents is 1. The van der Waals surface area contributed by atoms with E-state index in [4.69, 9.17) is 10.5 Å². The number of nitrogens with zero attached hydrogens (tertiary/aromatic N) is 1. The highest BCUT2D eigenvalue weighted by Gasteiger charge is 2.33. The average molecular weight is 320 g/mol. The Hall–Kier alpha value is -1.67. The maximum absolute atomic E-state index is 12.0. The fourth-order valence-corrected chi connectivity index (χ4v) is 3.23. The lowest BCUT2D eigenvalue weighted by atomic mass is 10.2. The van der Waals surface area contributed by atoms with E-state index in [1.807, 2.05) is 0 Å². The van der Waals surface area contributed by atoms with Crippen molar-refractivity contribution in [2.75, 3.05) is 19.8 Å². The lowest BCUT2D eigenvalue weighted by Gasteiger charge is -2.19. The average Bonchev–Trinajstić information content (AvgIpc) is 2.44. The van der Waals surface area contributed by atoms with Gasteiger partial charge in [-0.1, -0.05) is 0 Å². The first-order valence-electron chi connectivity index (χ1n) is 5.99. The Morgan fingerprint density at radius 3 is 2.62 bits per heavy atom. The first kappa shape index (κ1) is 17.4. The van der Waals surface area contributed by atoms with Crippen LogP contribution in [0.2, 0.25) is 0 Å². The first-order valence-corrected chi connectivity index (χ1v) is 7.91. The summed E-state index contributed by atoms with van der Waals surface area (Å²) in [7, 11) is -2.83. The maximum Gasteiger partial charge on any atom is 0.315 e. The number of ether oxygens (including phenoxy) is 1. The summed E-state index contributed by atoms with van der Waals surface area (Å²) in [4.78, 5) is 19.8. The van der Waals surface area contributed by atoms with Crippen molar-refractivity contribution in [2.45, 2.75) is 12.3 Å². The standard InChI is InChI=1S/C11H17N2O7P/c1-20-9-6-7(5-8(10(9)14)13(16)17)11(15)21(18,19)4-2-3-12/h5-6,11,14-15H,2-4,12H2,1H3,(H,18,19).